The highest BCUT2D eigenvalue weighted by atomic mass is 16.5. The van der Waals surface area contributed by atoms with Gasteiger partial charge in [-0.3, -0.25) is 0 Å². The van der Waals surface area contributed by atoms with E-state index < -0.39 is 0 Å². The Morgan fingerprint density at radius 1 is 0.783 bits per heavy atom. The first kappa shape index (κ1) is 14.9. The second-order valence-electron chi connectivity index (χ2n) is 5.24. The van der Waals surface area contributed by atoms with Crippen molar-refractivity contribution in [1.82, 2.24) is 0 Å². The molecule has 114 valence electrons. The molecule has 1 N–H and O–H groups in total. The van der Waals surface area contributed by atoms with Crippen molar-refractivity contribution >= 4 is 12.2 Å². The lowest BCUT2D eigenvalue weighted by molar-refractivity contribution is 0.304. The quantitative estimate of drug-likeness (QED) is 0.661. The summed E-state index contributed by atoms with van der Waals surface area (Å²) in [6.45, 7) is 0.486. The highest BCUT2D eigenvalue weighted by Crippen LogP contribution is 2.26. The van der Waals surface area contributed by atoms with E-state index in [9.17, 15) is 5.11 Å². The number of phenolic OH excluding ortho intramolecular Hbond substituents is 1. The van der Waals surface area contributed by atoms with E-state index in [0.29, 0.717) is 12.4 Å². The SMILES string of the molecule is Oc1cc(OCc2ccccc2)ccc1/C=C/c1ccccc1. The lowest BCUT2D eigenvalue weighted by atomic mass is 10.1. The largest absolute Gasteiger partial charge is 0.507 e. The summed E-state index contributed by atoms with van der Waals surface area (Å²) < 4.78 is 5.71. The van der Waals surface area contributed by atoms with Gasteiger partial charge in [-0.2, -0.15) is 0 Å². The van der Waals surface area contributed by atoms with Gasteiger partial charge in [-0.15, -0.1) is 0 Å². The summed E-state index contributed by atoms with van der Waals surface area (Å²) in [5.41, 5.74) is 2.96. The molecule has 0 unspecified atom stereocenters. The van der Waals surface area contributed by atoms with Gasteiger partial charge in [0.2, 0.25) is 0 Å². The summed E-state index contributed by atoms with van der Waals surface area (Å²) in [6, 6.07) is 25.3. The normalized spacial score (nSPS) is 10.8. The first-order valence-electron chi connectivity index (χ1n) is 7.54. The first-order valence-corrected chi connectivity index (χ1v) is 7.54. The van der Waals surface area contributed by atoms with Crippen molar-refractivity contribution in [1.29, 1.82) is 0 Å². The van der Waals surface area contributed by atoms with Crippen LogP contribution in [0.5, 0.6) is 11.5 Å². The second kappa shape index (κ2) is 7.32. The molecule has 0 saturated heterocycles. The summed E-state index contributed by atoms with van der Waals surface area (Å²) >= 11 is 0. The van der Waals surface area contributed by atoms with Gasteiger partial charge in [0.1, 0.15) is 18.1 Å². The molecule has 2 nitrogen and oxygen atoms in total. The molecule has 3 rings (SSSR count). The molecular weight excluding hydrogens is 284 g/mol. The number of phenols is 1. The molecule has 0 saturated carbocycles. The molecule has 0 radical (unpaired) electrons. The van der Waals surface area contributed by atoms with Crippen molar-refractivity contribution < 1.29 is 9.84 Å². The molecule has 2 heteroatoms. The van der Waals surface area contributed by atoms with Crippen LogP contribution in [0, 0.1) is 0 Å². The molecule has 0 aliphatic rings. The summed E-state index contributed by atoms with van der Waals surface area (Å²) in [4.78, 5) is 0. The number of benzene rings is 3. The van der Waals surface area contributed by atoms with E-state index in [1.54, 1.807) is 6.07 Å². The van der Waals surface area contributed by atoms with E-state index in [2.05, 4.69) is 0 Å². The Bertz CT molecular complexity index is 777. The van der Waals surface area contributed by atoms with E-state index in [0.717, 1.165) is 16.7 Å². The van der Waals surface area contributed by atoms with Gasteiger partial charge in [0, 0.05) is 11.6 Å². The van der Waals surface area contributed by atoms with Crippen molar-refractivity contribution in [2.75, 3.05) is 0 Å². The predicted molar refractivity (Wildman–Crippen MR) is 94.3 cm³/mol. The second-order valence-corrected chi connectivity index (χ2v) is 5.24. The fraction of sp³-hybridized carbons (Fsp3) is 0.0476. The van der Waals surface area contributed by atoms with E-state index in [4.69, 9.17) is 4.74 Å². The lowest BCUT2D eigenvalue weighted by Crippen LogP contribution is -1.94. The number of hydrogen-bond donors (Lipinski definition) is 1. The van der Waals surface area contributed by atoms with Crippen molar-refractivity contribution in [3.05, 3.63) is 95.6 Å². The summed E-state index contributed by atoms with van der Waals surface area (Å²) in [5.74, 6) is 0.867. The molecule has 0 aromatic heterocycles. The third kappa shape index (κ3) is 4.24. The van der Waals surface area contributed by atoms with E-state index in [1.807, 2.05) is 84.9 Å². The van der Waals surface area contributed by atoms with Gasteiger partial charge in [0.25, 0.3) is 0 Å². The van der Waals surface area contributed by atoms with Gasteiger partial charge in [-0.05, 0) is 23.3 Å². The molecule has 0 fully saturated rings. The highest BCUT2D eigenvalue weighted by Gasteiger charge is 2.01. The Kier molecular flexibility index (Phi) is 4.75. The van der Waals surface area contributed by atoms with Crippen LogP contribution >= 0.6 is 0 Å². The van der Waals surface area contributed by atoms with Gasteiger partial charge in [-0.25, -0.2) is 0 Å². The lowest BCUT2D eigenvalue weighted by Gasteiger charge is -2.08. The number of aromatic hydroxyl groups is 1. The minimum absolute atomic E-state index is 0.211. The van der Waals surface area contributed by atoms with Gasteiger partial charge >= 0.3 is 0 Å². The number of hydrogen-bond acceptors (Lipinski definition) is 2. The van der Waals surface area contributed by atoms with Crippen molar-refractivity contribution in [2.45, 2.75) is 6.61 Å². The van der Waals surface area contributed by atoms with E-state index in [-0.39, 0.29) is 5.75 Å². The van der Waals surface area contributed by atoms with Crippen LogP contribution in [0.1, 0.15) is 16.7 Å². The molecule has 0 aliphatic heterocycles. The van der Waals surface area contributed by atoms with E-state index >= 15 is 0 Å². The summed E-state index contributed by atoms with van der Waals surface area (Å²) in [5, 5.41) is 10.1. The molecule has 3 aromatic rings. The van der Waals surface area contributed by atoms with E-state index in [1.165, 1.54) is 0 Å². The first-order chi connectivity index (χ1) is 11.3. The summed E-state index contributed by atoms with van der Waals surface area (Å²) in [7, 11) is 0. The third-order valence-corrected chi connectivity index (χ3v) is 3.51. The highest BCUT2D eigenvalue weighted by molar-refractivity contribution is 5.72. The van der Waals surface area contributed by atoms with Crippen LogP contribution in [0.2, 0.25) is 0 Å². The minimum atomic E-state index is 0.211. The molecule has 0 atom stereocenters. The van der Waals surface area contributed by atoms with Crippen LogP contribution in [0.3, 0.4) is 0 Å². The van der Waals surface area contributed by atoms with Crippen molar-refractivity contribution in [3.63, 3.8) is 0 Å². The van der Waals surface area contributed by atoms with Crippen molar-refractivity contribution in [2.24, 2.45) is 0 Å². The van der Waals surface area contributed by atoms with Crippen LogP contribution in [-0.4, -0.2) is 5.11 Å². The Morgan fingerprint density at radius 2 is 1.48 bits per heavy atom. The summed E-state index contributed by atoms with van der Waals surface area (Å²) in [6.07, 6.45) is 3.87. The maximum absolute atomic E-state index is 10.1. The zero-order valence-corrected chi connectivity index (χ0v) is 12.7. The van der Waals surface area contributed by atoms with Crippen LogP contribution in [-0.2, 0) is 6.61 Å². The van der Waals surface area contributed by atoms with Gasteiger partial charge in [0.15, 0.2) is 0 Å². The van der Waals surface area contributed by atoms with Crippen LogP contribution in [0.25, 0.3) is 12.2 Å². The van der Waals surface area contributed by atoms with Crippen LogP contribution in [0.15, 0.2) is 78.9 Å². The maximum Gasteiger partial charge on any atom is 0.126 e. The van der Waals surface area contributed by atoms with Gasteiger partial charge in [-0.1, -0.05) is 72.8 Å². The Labute approximate surface area is 136 Å². The maximum atomic E-state index is 10.1. The molecule has 0 amide bonds. The molecule has 23 heavy (non-hydrogen) atoms. The standard InChI is InChI=1S/C21H18O2/c22-21-15-20(23-16-18-9-5-2-6-10-18)14-13-19(21)12-11-17-7-3-1-4-8-17/h1-15,22H,16H2/b12-11+. The Morgan fingerprint density at radius 3 is 2.17 bits per heavy atom. The number of rotatable bonds is 5. The average Bonchev–Trinajstić information content (AvgIpc) is 2.61. The van der Waals surface area contributed by atoms with Crippen molar-refractivity contribution in [3.8, 4) is 11.5 Å². The molecule has 0 spiro atoms. The fourth-order valence-corrected chi connectivity index (χ4v) is 2.25. The zero-order valence-electron chi connectivity index (χ0n) is 12.7. The number of ether oxygens (including phenoxy) is 1. The van der Waals surface area contributed by atoms with Crippen LogP contribution < -0.4 is 4.74 Å². The average molecular weight is 302 g/mol. The minimum Gasteiger partial charge on any atom is -0.507 e. The topological polar surface area (TPSA) is 29.5 Å². The van der Waals surface area contributed by atoms with Crippen LogP contribution in [0.4, 0.5) is 0 Å². The molecule has 3 aromatic carbocycles. The zero-order chi connectivity index (χ0) is 15.9. The Hall–Kier alpha value is -3.00. The predicted octanol–water partition coefficient (Wildman–Crippen LogP) is 5.14. The van der Waals surface area contributed by atoms with Gasteiger partial charge in [0.05, 0.1) is 0 Å². The smallest absolute Gasteiger partial charge is 0.126 e. The fourth-order valence-electron chi connectivity index (χ4n) is 2.25. The molecule has 0 heterocycles. The Balaban J connectivity index is 1.67. The molecular formula is C21H18O2. The molecule has 0 bridgehead atoms. The monoisotopic (exact) mass is 302 g/mol. The third-order valence-electron chi connectivity index (χ3n) is 3.51. The van der Waals surface area contributed by atoms with Gasteiger partial charge < -0.3 is 9.84 Å². The molecule has 0 aliphatic carbocycles.